The Morgan fingerprint density at radius 3 is 2.71 bits per heavy atom. The van der Waals surface area contributed by atoms with Crippen LogP contribution in [0.25, 0.3) is 0 Å². The van der Waals surface area contributed by atoms with Gasteiger partial charge in [0.25, 0.3) is 0 Å². The Hall–Kier alpha value is -0.660. The van der Waals surface area contributed by atoms with E-state index in [2.05, 4.69) is 4.74 Å². The van der Waals surface area contributed by atoms with E-state index in [1.54, 1.807) is 0 Å². The molecule has 1 fully saturated rings. The molecule has 0 aromatic heterocycles. The van der Waals surface area contributed by atoms with Gasteiger partial charge in [-0.2, -0.15) is 4.31 Å². The first-order valence-electron chi connectivity index (χ1n) is 4.18. The number of nitrogens with zero attached hydrogens (tertiary/aromatic N) is 1. The van der Waals surface area contributed by atoms with Gasteiger partial charge in [0.15, 0.2) is 5.75 Å². The lowest BCUT2D eigenvalue weighted by molar-refractivity contribution is -0.137. The summed E-state index contributed by atoms with van der Waals surface area (Å²) in [5.74, 6) is -1.44. The second-order valence-electron chi connectivity index (χ2n) is 3.13. The van der Waals surface area contributed by atoms with Crippen molar-refractivity contribution in [2.24, 2.45) is 0 Å². The van der Waals surface area contributed by atoms with Crippen LogP contribution in [0.4, 0.5) is 0 Å². The van der Waals surface area contributed by atoms with Crippen LogP contribution in [0.15, 0.2) is 0 Å². The molecular formula is C7H13NO5S. The maximum absolute atomic E-state index is 11.5. The molecule has 0 spiro atoms. The van der Waals surface area contributed by atoms with E-state index in [1.807, 2.05) is 0 Å². The molecule has 1 saturated heterocycles. The SMILES string of the molecule is COC(=O)CS(=O)(=O)N1CC[C@H](O)C1. The van der Waals surface area contributed by atoms with Crippen LogP contribution in [0.5, 0.6) is 0 Å². The molecule has 0 unspecified atom stereocenters. The summed E-state index contributed by atoms with van der Waals surface area (Å²) in [5, 5.41) is 9.13. The third kappa shape index (κ3) is 2.66. The molecule has 0 saturated carbocycles. The summed E-state index contributed by atoms with van der Waals surface area (Å²) in [6.07, 6.45) is -0.206. The molecule has 82 valence electrons. The number of ether oxygens (including phenoxy) is 1. The summed E-state index contributed by atoms with van der Waals surface area (Å²) in [4.78, 5) is 10.8. The van der Waals surface area contributed by atoms with Crippen LogP contribution in [0.2, 0.25) is 0 Å². The first-order chi connectivity index (χ1) is 6.45. The van der Waals surface area contributed by atoms with Gasteiger partial charge in [-0.1, -0.05) is 0 Å². The van der Waals surface area contributed by atoms with Gasteiger partial charge in [-0.15, -0.1) is 0 Å². The normalized spacial score (nSPS) is 23.7. The fourth-order valence-electron chi connectivity index (χ4n) is 1.26. The van der Waals surface area contributed by atoms with Crippen molar-refractivity contribution in [1.82, 2.24) is 4.31 Å². The number of aliphatic hydroxyl groups is 1. The largest absolute Gasteiger partial charge is 0.468 e. The highest BCUT2D eigenvalue weighted by molar-refractivity contribution is 7.89. The molecule has 1 atom stereocenters. The van der Waals surface area contributed by atoms with Gasteiger partial charge in [-0.05, 0) is 6.42 Å². The summed E-state index contributed by atoms with van der Waals surface area (Å²) < 4.78 is 28.3. The molecule has 1 rings (SSSR count). The Kier molecular flexibility index (Phi) is 3.46. The number of hydrogen-bond acceptors (Lipinski definition) is 5. The van der Waals surface area contributed by atoms with Crippen LogP contribution in [-0.4, -0.2) is 55.9 Å². The van der Waals surface area contributed by atoms with E-state index in [0.717, 1.165) is 11.4 Å². The highest BCUT2D eigenvalue weighted by atomic mass is 32.2. The Morgan fingerprint density at radius 1 is 1.64 bits per heavy atom. The first kappa shape index (κ1) is 11.4. The molecule has 0 aromatic carbocycles. The number of esters is 1. The van der Waals surface area contributed by atoms with E-state index in [9.17, 15) is 13.2 Å². The number of aliphatic hydroxyl groups excluding tert-OH is 1. The van der Waals surface area contributed by atoms with Crippen LogP contribution in [0.3, 0.4) is 0 Å². The highest BCUT2D eigenvalue weighted by Gasteiger charge is 2.32. The molecule has 1 heterocycles. The number of carbonyl (C=O) groups is 1. The molecule has 0 amide bonds. The number of methoxy groups -OCH3 is 1. The highest BCUT2D eigenvalue weighted by Crippen LogP contribution is 2.13. The molecule has 1 aliphatic heterocycles. The zero-order chi connectivity index (χ0) is 10.8. The summed E-state index contributed by atoms with van der Waals surface area (Å²) >= 11 is 0. The van der Waals surface area contributed by atoms with Gasteiger partial charge >= 0.3 is 5.97 Å². The average molecular weight is 223 g/mol. The lowest BCUT2D eigenvalue weighted by atomic mass is 10.3. The second-order valence-corrected chi connectivity index (χ2v) is 5.10. The van der Waals surface area contributed by atoms with Crippen LogP contribution in [0.1, 0.15) is 6.42 Å². The predicted molar refractivity (Wildman–Crippen MR) is 48.0 cm³/mol. The lowest BCUT2D eigenvalue weighted by Gasteiger charge is -2.14. The van der Waals surface area contributed by atoms with Gasteiger partial charge in [-0.25, -0.2) is 8.42 Å². The number of carbonyl (C=O) groups excluding carboxylic acids is 1. The topological polar surface area (TPSA) is 83.9 Å². The first-order valence-corrected chi connectivity index (χ1v) is 5.79. The molecule has 1 N–H and O–H groups in total. The fraction of sp³-hybridized carbons (Fsp3) is 0.857. The predicted octanol–water partition coefficient (Wildman–Crippen LogP) is -1.44. The van der Waals surface area contributed by atoms with E-state index in [4.69, 9.17) is 5.11 Å². The maximum atomic E-state index is 11.5. The molecule has 14 heavy (non-hydrogen) atoms. The van der Waals surface area contributed by atoms with Crippen molar-refractivity contribution >= 4 is 16.0 Å². The second kappa shape index (κ2) is 4.24. The molecule has 6 nitrogen and oxygen atoms in total. The van der Waals surface area contributed by atoms with Crippen molar-refractivity contribution < 1.29 is 23.1 Å². The molecule has 7 heteroatoms. The quantitative estimate of drug-likeness (QED) is 0.592. The molecule has 0 radical (unpaired) electrons. The minimum atomic E-state index is -3.61. The van der Waals surface area contributed by atoms with Crippen molar-refractivity contribution in [2.45, 2.75) is 12.5 Å². The van der Waals surface area contributed by atoms with E-state index in [1.165, 1.54) is 0 Å². The van der Waals surface area contributed by atoms with E-state index in [0.29, 0.717) is 6.42 Å². The number of hydrogen-bond donors (Lipinski definition) is 1. The molecule has 0 bridgehead atoms. The molecule has 1 aliphatic rings. The van der Waals surface area contributed by atoms with Gasteiger partial charge in [0.1, 0.15) is 0 Å². The Bertz CT molecular complexity index is 312. The molecule has 0 aromatic rings. The van der Waals surface area contributed by atoms with Crippen molar-refractivity contribution in [3.05, 3.63) is 0 Å². The zero-order valence-electron chi connectivity index (χ0n) is 7.84. The van der Waals surface area contributed by atoms with Gasteiger partial charge in [-0.3, -0.25) is 4.79 Å². The number of sulfonamides is 1. The minimum absolute atomic E-state index is 0.0688. The summed E-state index contributed by atoms with van der Waals surface area (Å²) in [5.41, 5.74) is 0. The summed E-state index contributed by atoms with van der Waals surface area (Å²) in [7, 11) is -2.47. The monoisotopic (exact) mass is 223 g/mol. The van der Waals surface area contributed by atoms with Crippen LogP contribution in [-0.2, 0) is 19.6 Å². The smallest absolute Gasteiger partial charge is 0.322 e. The maximum Gasteiger partial charge on any atom is 0.322 e. The van der Waals surface area contributed by atoms with Crippen molar-refractivity contribution in [1.29, 1.82) is 0 Å². The minimum Gasteiger partial charge on any atom is -0.468 e. The number of β-amino-alcohol motifs (C(OH)–C–C–N with tert-alkyl or cyclic N) is 1. The summed E-state index contributed by atoms with van der Waals surface area (Å²) in [6.45, 7) is 0.333. The van der Waals surface area contributed by atoms with Gasteiger partial charge in [0, 0.05) is 13.1 Å². The van der Waals surface area contributed by atoms with Crippen LogP contribution >= 0.6 is 0 Å². The molecule has 0 aliphatic carbocycles. The van der Waals surface area contributed by atoms with Crippen LogP contribution in [0, 0.1) is 0 Å². The standard InChI is InChI=1S/C7H13NO5S/c1-13-7(10)5-14(11,12)8-3-2-6(9)4-8/h6,9H,2-5H2,1H3/t6-/m0/s1. The van der Waals surface area contributed by atoms with Crippen molar-refractivity contribution in [2.75, 3.05) is 26.0 Å². The zero-order valence-corrected chi connectivity index (χ0v) is 8.66. The Balaban J connectivity index is 2.62. The Morgan fingerprint density at radius 2 is 2.29 bits per heavy atom. The Labute approximate surface area is 82.5 Å². The lowest BCUT2D eigenvalue weighted by Crippen LogP contribution is -2.34. The van der Waals surface area contributed by atoms with Gasteiger partial charge in [0.2, 0.25) is 10.0 Å². The van der Waals surface area contributed by atoms with Crippen molar-refractivity contribution in [3.8, 4) is 0 Å². The van der Waals surface area contributed by atoms with Crippen LogP contribution < -0.4 is 0 Å². The van der Waals surface area contributed by atoms with E-state index >= 15 is 0 Å². The summed E-state index contributed by atoms with van der Waals surface area (Å²) in [6, 6.07) is 0. The third-order valence-corrected chi connectivity index (χ3v) is 3.77. The van der Waals surface area contributed by atoms with Gasteiger partial charge in [0.05, 0.1) is 13.2 Å². The number of rotatable bonds is 3. The molecular weight excluding hydrogens is 210 g/mol. The third-order valence-electron chi connectivity index (χ3n) is 2.05. The van der Waals surface area contributed by atoms with E-state index < -0.39 is 27.8 Å². The van der Waals surface area contributed by atoms with Gasteiger partial charge < -0.3 is 9.84 Å². The fourth-order valence-corrected chi connectivity index (χ4v) is 2.64. The van der Waals surface area contributed by atoms with E-state index in [-0.39, 0.29) is 13.1 Å². The van der Waals surface area contributed by atoms with Crippen molar-refractivity contribution in [3.63, 3.8) is 0 Å². The average Bonchev–Trinajstić information content (AvgIpc) is 2.51.